The highest BCUT2D eigenvalue weighted by atomic mass is 29.2. The minimum absolute atomic E-state index is 0.617. The molecule has 1 aliphatic carbocycles. The molecule has 1 aromatic carbocycles. The number of allylic oxidation sites excluding steroid dienone is 4. The van der Waals surface area contributed by atoms with Gasteiger partial charge in [0.25, 0.3) is 0 Å². The molecule has 1 atom stereocenters. The molecule has 0 amide bonds. The van der Waals surface area contributed by atoms with Crippen LogP contribution in [-0.2, 0) is 0 Å². The Labute approximate surface area is 133 Å². The van der Waals surface area contributed by atoms with Gasteiger partial charge in [0.05, 0.1) is 15.7 Å². The van der Waals surface area contributed by atoms with Gasteiger partial charge in [-0.25, -0.2) is 0 Å². The molecule has 1 aliphatic rings. The summed E-state index contributed by atoms with van der Waals surface area (Å²) in [5, 5.41) is 3.38. The van der Waals surface area contributed by atoms with Gasteiger partial charge >= 0.3 is 0 Å². The topological polar surface area (TPSA) is 0 Å². The Morgan fingerprint density at radius 2 is 1.48 bits per heavy atom. The number of hydrogen-bond acceptors (Lipinski definition) is 0. The van der Waals surface area contributed by atoms with Crippen LogP contribution in [0.2, 0.25) is 44.8 Å². The fraction of sp³-hybridized carbons (Fsp3) is 0.389. The third-order valence-electron chi connectivity index (χ3n) is 4.06. The number of hydrogen-bond donors (Lipinski definition) is 0. The molecule has 1 aromatic rings. The predicted molar refractivity (Wildman–Crippen MR) is 106 cm³/mol. The van der Waals surface area contributed by atoms with Gasteiger partial charge in [0.15, 0.2) is 0 Å². The molecule has 0 saturated carbocycles. The molecule has 0 fully saturated rings. The van der Waals surface area contributed by atoms with E-state index in [1.54, 1.807) is 10.4 Å². The highest BCUT2D eigenvalue weighted by Crippen LogP contribution is 2.28. The minimum Gasteiger partial charge on any atom is -0.0802 e. The van der Waals surface area contributed by atoms with Crippen molar-refractivity contribution in [1.29, 1.82) is 0 Å². The highest BCUT2D eigenvalue weighted by molar-refractivity contribution is 7.38. The molecule has 0 aliphatic heterocycles. The van der Waals surface area contributed by atoms with Crippen molar-refractivity contribution in [1.82, 2.24) is 0 Å². The van der Waals surface area contributed by atoms with Crippen LogP contribution in [0.4, 0.5) is 0 Å². The summed E-state index contributed by atoms with van der Waals surface area (Å²) in [6.45, 7) is 15.2. The average Bonchev–Trinajstić information content (AvgIpc) is 2.38. The van der Waals surface area contributed by atoms with Gasteiger partial charge in [0, 0.05) is 7.93 Å². The van der Waals surface area contributed by atoms with Gasteiger partial charge in [-0.05, 0) is 10.7 Å². The number of rotatable bonds is 3. The van der Waals surface area contributed by atoms with Gasteiger partial charge < -0.3 is 0 Å². The Balaban J connectivity index is 2.68. The lowest BCUT2D eigenvalue weighted by atomic mass is 10.2. The molecule has 3 heteroatoms. The van der Waals surface area contributed by atoms with Gasteiger partial charge in [-0.1, -0.05) is 99.1 Å². The van der Waals surface area contributed by atoms with Crippen molar-refractivity contribution >= 4 is 33.9 Å². The maximum atomic E-state index is 2.55. The van der Waals surface area contributed by atoms with Crippen LogP contribution < -0.4 is 5.19 Å². The largest absolute Gasteiger partial charge is 0.0802 e. The summed E-state index contributed by atoms with van der Waals surface area (Å²) in [6, 6.07) is 11.3. The van der Waals surface area contributed by atoms with E-state index in [4.69, 9.17) is 0 Å². The van der Waals surface area contributed by atoms with Crippen molar-refractivity contribution < 1.29 is 0 Å². The molecule has 0 bridgehead atoms. The summed E-state index contributed by atoms with van der Waals surface area (Å²) in [6.07, 6.45) is 9.47. The molecule has 112 valence electrons. The van der Waals surface area contributed by atoms with Gasteiger partial charge in [0.2, 0.25) is 0 Å². The first kappa shape index (κ1) is 16.6. The molecule has 0 aromatic heterocycles. The van der Waals surface area contributed by atoms with Crippen LogP contribution in [0, 0.1) is 0 Å². The van der Waals surface area contributed by atoms with Crippen LogP contribution >= 0.6 is 0 Å². The van der Waals surface area contributed by atoms with Crippen LogP contribution in [0.1, 0.15) is 0 Å². The average molecular weight is 329 g/mol. The summed E-state index contributed by atoms with van der Waals surface area (Å²) in [4.78, 5) is 0. The minimum atomic E-state index is -1.23. The van der Waals surface area contributed by atoms with E-state index >= 15 is 0 Å². The smallest absolute Gasteiger partial charge is 0.0608 e. The van der Waals surface area contributed by atoms with E-state index in [2.05, 4.69) is 93.9 Å². The first-order valence-electron chi connectivity index (χ1n) is 7.86. The zero-order chi connectivity index (χ0) is 15.7. The summed E-state index contributed by atoms with van der Waals surface area (Å²) in [7, 11) is -3.07. The van der Waals surface area contributed by atoms with Crippen molar-refractivity contribution in [3.05, 3.63) is 54.6 Å². The summed E-state index contributed by atoms with van der Waals surface area (Å²) in [5.74, 6) is 0. The van der Waals surface area contributed by atoms with Crippen molar-refractivity contribution in [2.75, 3.05) is 0 Å². The molecule has 1 unspecified atom stereocenters. The van der Waals surface area contributed by atoms with E-state index in [-0.39, 0.29) is 0 Å². The molecule has 0 heterocycles. The van der Waals surface area contributed by atoms with Gasteiger partial charge in [-0.2, -0.15) is 0 Å². The van der Waals surface area contributed by atoms with Crippen LogP contribution in [0.25, 0.3) is 0 Å². The van der Waals surface area contributed by atoms with E-state index < -0.39 is 23.6 Å². The van der Waals surface area contributed by atoms with Gasteiger partial charge in [0.1, 0.15) is 0 Å². The Morgan fingerprint density at radius 1 is 0.857 bits per heavy atom. The first-order chi connectivity index (χ1) is 9.71. The standard InChI is InChI=1S/C18H28Si3/c1-20(2,3)18-15-11-10-14-17(18)19(21(4,5)6)16-12-8-7-9-13-16/h7-15,18H,1-6H3/b19-17+. The molecular formula is C18H28Si3. The van der Waals surface area contributed by atoms with Gasteiger partial charge in [-0.15, -0.1) is 0 Å². The van der Waals surface area contributed by atoms with E-state index in [9.17, 15) is 0 Å². The van der Waals surface area contributed by atoms with E-state index in [0.717, 1.165) is 0 Å². The third kappa shape index (κ3) is 3.90. The summed E-state index contributed by atoms with van der Waals surface area (Å²) >= 11 is 0. The second kappa shape index (κ2) is 6.15. The lowest BCUT2D eigenvalue weighted by Gasteiger charge is -2.34. The van der Waals surface area contributed by atoms with Crippen molar-refractivity contribution in [3.8, 4) is 0 Å². The maximum absolute atomic E-state index is 2.55. The van der Waals surface area contributed by atoms with Crippen LogP contribution in [0.15, 0.2) is 54.6 Å². The number of benzene rings is 1. The predicted octanol–water partition coefficient (Wildman–Crippen LogP) is 4.39. The Hall–Kier alpha value is -0.779. The molecule has 0 nitrogen and oxygen atoms in total. The molecule has 0 saturated heterocycles. The van der Waals surface area contributed by atoms with Crippen LogP contribution in [-0.4, -0.2) is 28.8 Å². The zero-order valence-electron chi connectivity index (χ0n) is 14.3. The SMILES string of the molecule is C[Si](C)(C)C1C=CC=C/C1=[Si](/c1ccccc1)[Si](C)(C)C. The van der Waals surface area contributed by atoms with E-state index in [1.807, 2.05) is 0 Å². The quantitative estimate of drug-likeness (QED) is 0.722. The molecule has 0 N–H and O–H groups in total. The lowest BCUT2D eigenvalue weighted by Crippen LogP contribution is -2.52. The Morgan fingerprint density at radius 3 is 2.00 bits per heavy atom. The summed E-state index contributed by atoms with van der Waals surface area (Å²) < 4.78 is 0. The Kier molecular flexibility index (Phi) is 4.86. The summed E-state index contributed by atoms with van der Waals surface area (Å²) in [5.41, 5.74) is 0.711. The highest BCUT2D eigenvalue weighted by Gasteiger charge is 2.33. The van der Waals surface area contributed by atoms with Crippen molar-refractivity contribution in [2.24, 2.45) is 0 Å². The second-order valence-electron chi connectivity index (χ2n) is 8.03. The monoisotopic (exact) mass is 328 g/mol. The fourth-order valence-electron chi connectivity index (χ4n) is 3.17. The first-order valence-corrected chi connectivity index (χ1v) is 17.4. The van der Waals surface area contributed by atoms with Gasteiger partial charge in [-0.3, -0.25) is 0 Å². The van der Waals surface area contributed by atoms with Crippen LogP contribution in [0.3, 0.4) is 0 Å². The lowest BCUT2D eigenvalue weighted by molar-refractivity contribution is 1.34. The Bertz CT molecular complexity index is 581. The van der Waals surface area contributed by atoms with E-state index in [1.165, 1.54) is 0 Å². The second-order valence-corrected chi connectivity index (χ2v) is 25.8. The van der Waals surface area contributed by atoms with Crippen LogP contribution in [0.5, 0.6) is 0 Å². The van der Waals surface area contributed by atoms with Crippen molar-refractivity contribution in [2.45, 2.75) is 44.8 Å². The molecule has 2 rings (SSSR count). The normalized spacial score (nSPS) is 21.5. The van der Waals surface area contributed by atoms with Crippen molar-refractivity contribution in [3.63, 3.8) is 0 Å². The molecular weight excluding hydrogens is 300 g/mol. The zero-order valence-corrected chi connectivity index (χ0v) is 17.3. The molecule has 21 heavy (non-hydrogen) atoms. The molecule has 0 spiro atoms. The fourth-order valence-corrected chi connectivity index (χ4v) is 16.7. The molecule has 0 radical (unpaired) electrons. The third-order valence-corrected chi connectivity index (χ3v) is 16.4. The van der Waals surface area contributed by atoms with E-state index in [0.29, 0.717) is 5.54 Å². The maximum Gasteiger partial charge on any atom is 0.0608 e.